The summed E-state index contributed by atoms with van der Waals surface area (Å²) >= 11 is 0. The fraction of sp³-hybridized carbons (Fsp3) is 0.682. The van der Waals surface area contributed by atoms with E-state index < -0.39 is 5.69 Å². The number of H-pyrrole nitrogens is 1. The zero-order valence-electron chi connectivity index (χ0n) is 17.0. The van der Waals surface area contributed by atoms with Crippen LogP contribution in [-0.2, 0) is 4.79 Å². The number of unbranched alkanes of at least 4 members (excludes halogenated alkanes) is 11. The lowest BCUT2D eigenvalue weighted by Gasteiger charge is -2.04. The van der Waals surface area contributed by atoms with Gasteiger partial charge in [0.05, 0.1) is 0 Å². The van der Waals surface area contributed by atoms with Gasteiger partial charge in [-0.05, 0) is 38.2 Å². The predicted octanol–water partition coefficient (Wildman–Crippen LogP) is 5.75. The minimum atomic E-state index is -0.450. The van der Waals surface area contributed by atoms with Crippen LogP contribution in [-0.4, -0.2) is 15.9 Å². The van der Waals surface area contributed by atoms with Gasteiger partial charge in [0.25, 0.3) is 0 Å². The van der Waals surface area contributed by atoms with E-state index in [-0.39, 0.29) is 5.91 Å². The summed E-state index contributed by atoms with van der Waals surface area (Å²) in [6.45, 7) is 2.26. The zero-order valence-corrected chi connectivity index (χ0v) is 17.0. The van der Waals surface area contributed by atoms with E-state index in [0.29, 0.717) is 12.2 Å². The van der Waals surface area contributed by atoms with E-state index in [1.807, 2.05) is 0 Å². The number of nitrogens with zero attached hydrogens (tertiary/aromatic N) is 1. The van der Waals surface area contributed by atoms with Crippen LogP contribution in [0.4, 0.5) is 5.82 Å². The van der Waals surface area contributed by atoms with Crippen LogP contribution in [0.3, 0.4) is 0 Å². The summed E-state index contributed by atoms with van der Waals surface area (Å²) in [6.07, 6.45) is 22.7. The Morgan fingerprint density at radius 1 is 0.963 bits per heavy atom. The zero-order chi connectivity index (χ0) is 19.6. The third-order valence-corrected chi connectivity index (χ3v) is 4.61. The van der Waals surface area contributed by atoms with Gasteiger partial charge in [0.1, 0.15) is 5.82 Å². The van der Waals surface area contributed by atoms with Crippen molar-refractivity contribution < 1.29 is 4.79 Å². The monoisotopic (exact) mass is 375 g/mol. The van der Waals surface area contributed by atoms with Crippen LogP contribution in [0.2, 0.25) is 0 Å². The average molecular weight is 376 g/mol. The van der Waals surface area contributed by atoms with Crippen molar-refractivity contribution in [2.45, 2.75) is 96.8 Å². The molecule has 1 heterocycles. The van der Waals surface area contributed by atoms with Gasteiger partial charge in [0.2, 0.25) is 5.91 Å². The van der Waals surface area contributed by atoms with Gasteiger partial charge in [-0.15, -0.1) is 0 Å². The minimum absolute atomic E-state index is 0.0607. The van der Waals surface area contributed by atoms with E-state index >= 15 is 0 Å². The molecule has 0 saturated heterocycles. The average Bonchev–Trinajstić information content (AvgIpc) is 2.65. The van der Waals surface area contributed by atoms with E-state index in [2.05, 4.69) is 34.4 Å². The van der Waals surface area contributed by atoms with Gasteiger partial charge in [-0.1, -0.05) is 70.4 Å². The number of rotatable bonds is 16. The number of nitrogens with one attached hydrogen (secondary N) is 2. The molecule has 0 aliphatic carbocycles. The summed E-state index contributed by atoms with van der Waals surface area (Å²) in [4.78, 5) is 28.9. The Balaban J connectivity index is 1.88. The highest BCUT2D eigenvalue weighted by atomic mass is 16.2. The molecule has 0 bridgehead atoms. The number of carbonyl (C=O) groups is 1. The molecule has 0 aromatic carbocycles. The Morgan fingerprint density at radius 2 is 1.56 bits per heavy atom. The van der Waals surface area contributed by atoms with Gasteiger partial charge in [0, 0.05) is 12.6 Å². The summed E-state index contributed by atoms with van der Waals surface area (Å²) in [5, 5.41) is 2.69. The quantitative estimate of drug-likeness (QED) is 0.285. The Kier molecular flexibility index (Phi) is 13.9. The first-order valence-electron chi connectivity index (χ1n) is 10.7. The Hall–Kier alpha value is -1.91. The molecular formula is C22H37N3O2. The molecule has 152 valence electrons. The second-order valence-electron chi connectivity index (χ2n) is 7.17. The van der Waals surface area contributed by atoms with Crippen LogP contribution in [0, 0.1) is 0 Å². The second kappa shape index (κ2) is 16.3. The van der Waals surface area contributed by atoms with Crippen LogP contribution >= 0.6 is 0 Å². The van der Waals surface area contributed by atoms with Crippen LogP contribution in [0.25, 0.3) is 0 Å². The third-order valence-electron chi connectivity index (χ3n) is 4.61. The lowest BCUT2D eigenvalue weighted by molar-refractivity contribution is -0.116. The van der Waals surface area contributed by atoms with Crippen LogP contribution in [0.1, 0.15) is 96.8 Å². The fourth-order valence-electron chi connectivity index (χ4n) is 3.01. The Bertz CT molecular complexity index is 581. The summed E-state index contributed by atoms with van der Waals surface area (Å²) in [7, 11) is 0. The first-order chi connectivity index (χ1) is 13.2. The predicted molar refractivity (Wildman–Crippen MR) is 113 cm³/mol. The maximum atomic E-state index is 11.8. The van der Waals surface area contributed by atoms with Crippen molar-refractivity contribution >= 4 is 11.7 Å². The molecule has 0 aliphatic heterocycles. The largest absolute Gasteiger partial charge is 0.346 e. The highest BCUT2D eigenvalue weighted by Crippen LogP contribution is 2.10. The molecule has 1 aromatic rings. The normalized spacial score (nSPS) is 11.1. The lowest BCUT2D eigenvalue weighted by atomic mass is 10.1. The van der Waals surface area contributed by atoms with Crippen molar-refractivity contribution in [1.82, 2.24) is 9.97 Å². The van der Waals surface area contributed by atoms with Crippen molar-refractivity contribution in [2.75, 3.05) is 5.32 Å². The topological polar surface area (TPSA) is 74.8 Å². The molecule has 2 N–H and O–H groups in total. The molecule has 0 aliphatic rings. The molecule has 1 rings (SSSR count). The van der Waals surface area contributed by atoms with E-state index in [4.69, 9.17) is 0 Å². The number of aromatic amines is 1. The van der Waals surface area contributed by atoms with Gasteiger partial charge in [-0.2, -0.15) is 0 Å². The van der Waals surface area contributed by atoms with Crippen molar-refractivity contribution in [3.05, 3.63) is 34.9 Å². The van der Waals surface area contributed by atoms with Gasteiger partial charge in [0.15, 0.2) is 0 Å². The van der Waals surface area contributed by atoms with Gasteiger partial charge < -0.3 is 5.32 Å². The number of aromatic nitrogens is 2. The molecule has 27 heavy (non-hydrogen) atoms. The number of hydrogen-bond donors (Lipinski definition) is 2. The molecule has 1 amide bonds. The SMILES string of the molecule is CCCCCCCC/C=C/CCCCCCCC(=O)Nc1ccnc(=O)[nH]1. The van der Waals surface area contributed by atoms with Crippen molar-refractivity contribution in [3.63, 3.8) is 0 Å². The number of amides is 1. The lowest BCUT2D eigenvalue weighted by Crippen LogP contribution is -2.17. The second-order valence-corrected chi connectivity index (χ2v) is 7.17. The maximum Gasteiger partial charge on any atom is 0.346 e. The Labute approximate surface area is 164 Å². The van der Waals surface area contributed by atoms with E-state index in [0.717, 1.165) is 12.8 Å². The first-order valence-corrected chi connectivity index (χ1v) is 10.7. The molecular weight excluding hydrogens is 338 g/mol. The molecule has 5 heteroatoms. The van der Waals surface area contributed by atoms with Crippen LogP contribution in [0.15, 0.2) is 29.2 Å². The molecule has 0 spiro atoms. The molecule has 0 unspecified atom stereocenters. The molecule has 0 radical (unpaired) electrons. The van der Waals surface area contributed by atoms with E-state index in [9.17, 15) is 9.59 Å². The highest BCUT2D eigenvalue weighted by molar-refractivity contribution is 5.89. The summed E-state index contributed by atoms with van der Waals surface area (Å²) < 4.78 is 0. The van der Waals surface area contributed by atoms with Crippen LogP contribution in [0.5, 0.6) is 0 Å². The first kappa shape index (κ1) is 23.1. The fourth-order valence-corrected chi connectivity index (χ4v) is 3.01. The molecule has 0 saturated carbocycles. The van der Waals surface area contributed by atoms with E-state index in [1.165, 1.54) is 76.8 Å². The molecule has 0 atom stereocenters. The number of carbonyl (C=O) groups excluding carboxylic acids is 1. The summed E-state index contributed by atoms with van der Waals surface area (Å²) in [5.74, 6) is 0.349. The molecule has 0 fully saturated rings. The van der Waals surface area contributed by atoms with Crippen molar-refractivity contribution in [3.8, 4) is 0 Å². The smallest absolute Gasteiger partial charge is 0.312 e. The van der Waals surface area contributed by atoms with Crippen molar-refractivity contribution in [2.24, 2.45) is 0 Å². The molecule has 5 nitrogen and oxygen atoms in total. The highest BCUT2D eigenvalue weighted by Gasteiger charge is 2.02. The minimum Gasteiger partial charge on any atom is -0.312 e. The van der Waals surface area contributed by atoms with Gasteiger partial charge >= 0.3 is 5.69 Å². The maximum absolute atomic E-state index is 11.8. The van der Waals surface area contributed by atoms with Crippen LogP contribution < -0.4 is 11.0 Å². The van der Waals surface area contributed by atoms with Crippen molar-refractivity contribution in [1.29, 1.82) is 0 Å². The number of allylic oxidation sites excluding steroid dienone is 2. The Morgan fingerprint density at radius 3 is 2.19 bits per heavy atom. The van der Waals surface area contributed by atoms with Gasteiger partial charge in [-0.25, -0.2) is 9.78 Å². The summed E-state index contributed by atoms with van der Waals surface area (Å²) in [6, 6.07) is 1.58. The molecule has 1 aromatic heterocycles. The van der Waals surface area contributed by atoms with Gasteiger partial charge in [-0.3, -0.25) is 9.78 Å². The summed E-state index contributed by atoms with van der Waals surface area (Å²) in [5.41, 5.74) is -0.450. The standard InChI is InChI=1S/C22H37N3O2/c1-2-3-4-5-6-7-8-9-10-11-12-13-14-15-16-17-21(26)24-20-18-19-23-22(27)25-20/h9-10,18-19H,2-8,11-17H2,1H3,(H2,23,24,25,26,27)/b10-9+. The third kappa shape index (κ3) is 13.9. The number of hydrogen-bond acceptors (Lipinski definition) is 3. The van der Waals surface area contributed by atoms with E-state index in [1.54, 1.807) is 6.07 Å². The number of anilines is 1.